The lowest BCUT2D eigenvalue weighted by atomic mass is 10.0. The zero-order chi connectivity index (χ0) is 16.3. The van der Waals surface area contributed by atoms with Crippen LogP contribution in [0.1, 0.15) is 27.3 Å². The zero-order valence-electron chi connectivity index (χ0n) is 12.4. The number of pyridine rings is 1. The average Bonchev–Trinajstić information content (AvgIpc) is 2.45. The van der Waals surface area contributed by atoms with Gasteiger partial charge in [-0.15, -0.1) is 6.58 Å². The van der Waals surface area contributed by atoms with Crippen molar-refractivity contribution < 1.29 is 9.18 Å². The summed E-state index contributed by atoms with van der Waals surface area (Å²) in [6.45, 7) is 6.92. The van der Waals surface area contributed by atoms with E-state index in [1.165, 1.54) is 0 Å². The first kappa shape index (κ1) is 16.2. The molecule has 1 heterocycles. The van der Waals surface area contributed by atoms with Gasteiger partial charge in [-0.05, 0) is 32.4 Å². The van der Waals surface area contributed by atoms with Gasteiger partial charge >= 0.3 is 0 Å². The monoisotopic (exact) mass is 318 g/mol. The lowest BCUT2D eigenvalue weighted by Gasteiger charge is -2.13. The van der Waals surface area contributed by atoms with Gasteiger partial charge in [-0.2, -0.15) is 0 Å². The summed E-state index contributed by atoms with van der Waals surface area (Å²) in [7, 11) is 0. The molecular formula is C17H16ClFN2O. The highest BCUT2D eigenvalue weighted by Gasteiger charge is 2.21. The van der Waals surface area contributed by atoms with E-state index in [1.54, 1.807) is 44.2 Å². The second-order valence-electron chi connectivity index (χ2n) is 4.88. The van der Waals surface area contributed by atoms with Gasteiger partial charge in [-0.1, -0.05) is 29.8 Å². The largest absolute Gasteiger partial charge is 0.320 e. The third-order valence-electron chi connectivity index (χ3n) is 3.32. The van der Waals surface area contributed by atoms with Crippen molar-refractivity contribution in [2.24, 2.45) is 0 Å². The van der Waals surface area contributed by atoms with Crippen molar-refractivity contribution in [3.05, 3.63) is 70.3 Å². The molecule has 1 aromatic heterocycles. The van der Waals surface area contributed by atoms with Gasteiger partial charge in [0.05, 0.1) is 22.0 Å². The Hall–Kier alpha value is -2.20. The number of rotatable bonds is 4. The molecule has 2 aromatic rings. The molecule has 1 aromatic carbocycles. The molecule has 0 atom stereocenters. The van der Waals surface area contributed by atoms with Crippen molar-refractivity contribution in [2.45, 2.75) is 20.3 Å². The topological polar surface area (TPSA) is 42.0 Å². The summed E-state index contributed by atoms with van der Waals surface area (Å²) in [6, 6.07) is 6.79. The van der Waals surface area contributed by atoms with Gasteiger partial charge in [0.25, 0.3) is 5.91 Å². The molecule has 0 saturated carbocycles. The Balaban J connectivity index is 2.43. The Morgan fingerprint density at radius 3 is 2.68 bits per heavy atom. The van der Waals surface area contributed by atoms with E-state index < -0.39 is 11.7 Å². The molecule has 0 saturated heterocycles. The Bertz CT molecular complexity index is 744. The van der Waals surface area contributed by atoms with Crippen LogP contribution >= 0.6 is 11.6 Å². The van der Waals surface area contributed by atoms with Crippen LogP contribution < -0.4 is 5.32 Å². The molecule has 2 rings (SSSR count). The number of para-hydroxylation sites is 1. The normalized spacial score (nSPS) is 10.4. The van der Waals surface area contributed by atoms with Gasteiger partial charge in [0.1, 0.15) is 5.82 Å². The standard InChI is InChI=1S/C17H16ClFN2O/c1-4-7-12-10(2)20-11(3)15(16(12)19)17(22)21-14-9-6-5-8-13(14)18/h4-6,8-9H,1,7H2,2-3H3,(H,21,22). The van der Waals surface area contributed by atoms with Crippen molar-refractivity contribution in [3.63, 3.8) is 0 Å². The number of aryl methyl sites for hydroxylation is 2. The highest BCUT2D eigenvalue weighted by atomic mass is 35.5. The maximum atomic E-state index is 14.7. The molecule has 0 unspecified atom stereocenters. The van der Waals surface area contributed by atoms with E-state index in [-0.39, 0.29) is 5.56 Å². The number of allylic oxidation sites excluding steroid dienone is 1. The van der Waals surface area contributed by atoms with Crippen molar-refractivity contribution >= 4 is 23.2 Å². The summed E-state index contributed by atoms with van der Waals surface area (Å²) in [4.78, 5) is 16.7. The van der Waals surface area contributed by atoms with E-state index in [4.69, 9.17) is 11.6 Å². The third kappa shape index (κ3) is 3.17. The number of hydrogen-bond donors (Lipinski definition) is 1. The fourth-order valence-corrected chi connectivity index (χ4v) is 2.42. The minimum atomic E-state index is -0.569. The smallest absolute Gasteiger partial charge is 0.260 e. The number of amides is 1. The van der Waals surface area contributed by atoms with E-state index >= 15 is 0 Å². The Morgan fingerprint density at radius 2 is 2.05 bits per heavy atom. The number of anilines is 1. The first-order valence-corrected chi connectivity index (χ1v) is 7.15. The summed E-state index contributed by atoms with van der Waals surface area (Å²) in [5, 5.41) is 3.01. The molecule has 0 aliphatic heterocycles. The maximum Gasteiger partial charge on any atom is 0.260 e. The van der Waals surface area contributed by atoms with Gasteiger partial charge in [0, 0.05) is 11.3 Å². The van der Waals surface area contributed by atoms with Crippen LogP contribution in [0.25, 0.3) is 0 Å². The molecule has 0 bridgehead atoms. The Morgan fingerprint density at radius 1 is 1.36 bits per heavy atom. The van der Waals surface area contributed by atoms with Crippen LogP contribution in [0.4, 0.5) is 10.1 Å². The number of nitrogens with one attached hydrogen (secondary N) is 1. The number of aromatic nitrogens is 1. The Labute approximate surface area is 133 Å². The van der Waals surface area contributed by atoms with Crippen LogP contribution in [-0.4, -0.2) is 10.9 Å². The number of carbonyl (C=O) groups excluding carboxylic acids is 1. The van der Waals surface area contributed by atoms with Crippen molar-refractivity contribution in [2.75, 3.05) is 5.32 Å². The van der Waals surface area contributed by atoms with Crippen LogP contribution in [-0.2, 0) is 6.42 Å². The average molecular weight is 319 g/mol. The summed E-state index contributed by atoms with van der Waals surface area (Å²) >= 11 is 6.00. The zero-order valence-corrected chi connectivity index (χ0v) is 13.2. The van der Waals surface area contributed by atoms with Crippen molar-refractivity contribution in [1.82, 2.24) is 4.98 Å². The molecule has 0 aliphatic rings. The minimum absolute atomic E-state index is 0.0673. The third-order valence-corrected chi connectivity index (χ3v) is 3.65. The summed E-state index contributed by atoms with van der Waals surface area (Å²) in [5.41, 5.74) is 1.64. The number of benzene rings is 1. The number of carbonyl (C=O) groups is 1. The van der Waals surface area contributed by atoms with Crippen LogP contribution in [0.3, 0.4) is 0 Å². The molecule has 0 spiro atoms. The van der Waals surface area contributed by atoms with E-state index in [0.29, 0.717) is 34.1 Å². The first-order valence-electron chi connectivity index (χ1n) is 6.78. The summed E-state index contributed by atoms with van der Waals surface area (Å²) in [5.74, 6) is -1.13. The van der Waals surface area contributed by atoms with Crippen molar-refractivity contribution in [3.8, 4) is 0 Å². The SMILES string of the molecule is C=CCc1c(C)nc(C)c(C(=O)Nc2ccccc2Cl)c1F. The van der Waals surface area contributed by atoms with Crippen LogP contribution in [0.2, 0.25) is 5.02 Å². The molecule has 0 aliphatic carbocycles. The lowest BCUT2D eigenvalue weighted by molar-refractivity contribution is 0.102. The van der Waals surface area contributed by atoms with Crippen LogP contribution in [0.15, 0.2) is 36.9 Å². The van der Waals surface area contributed by atoms with E-state index in [0.717, 1.165) is 0 Å². The second kappa shape index (κ2) is 6.71. The molecule has 5 heteroatoms. The second-order valence-corrected chi connectivity index (χ2v) is 5.28. The molecule has 114 valence electrons. The summed E-state index contributed by atoms with van der Waals surface area (Å²) < 4.78 is 14.7. The molecule has 3 nitrogen and oxygen atoms in total. The highest BCUT2D eigenvalue weighted by Crippen LogP contribution is 2.24. The molecule has 0 radical (unpaired) electrons. The number of halogens is 2. The van der Waals surface area contributed by atoms with Crippen LogP contribution in [0.5, 0.6) is 0 Å². The van der Waals surface area contributed by atoms with Gasteiger partial charge in [-0.3, -0.25) is 9.78 Å². The molecular weight excluding hydrogens is 303 g/mol. The molecule has 0 fully saturated rings. The van der Waals surface area contributed by atoms with E-state index in [2.05, 4.69) is 16.9 Å². The quantitative estimate of drug-likeness (QED) is 0.845. The molecule has 1 amide bonds. The van der Waals surface area contributed by atoms with E-state index in [1.807, 2.05) is 0 Å². The number of hydrogen-bond acceptors (Lipinski definition) is 2. The predicted molar refractivity (Wildman–Crippen MR) is 87.0 cm³/mol. The fraction of sp³-hybridized carbons (Fsp3) is 0.176. The van der Waals surface area contributed by atoms with Crippen molar-refractivity contribution in [1.29, 1.82) is 0 Å². The minimum Gasteiger partial charge on any atom is -0.320 e. The summed E-state index contributed by atoms with van der Waals surface area (Å²) in [6.07, 6.45) is 1.90. The fourth-order valence-electron chi connectivity index (χ4n) is 2.24. The molecule has 1 N–H and O–H groups in total. The Kier molecular flexibility index (Phi) is 4.93. The van der Waals surface area contributed by atoms with Crippen LogP contribution in [0, 0.1) is 19.7 Å². The van der Waals surface area contributed by atoms with Gasteiger partial charge < -0.3 is 5.32 Å². The highest BCUT2D eigenvalue weighted by molar-refractivity contribution is 6.33. The van der Waals surface area contributed by atoms with E-state index in [9.17, 15) is 9.18 Å². The van der Waals surface area contributed by atoms with Gasteiger partial charge in [0.15, 0.2) is 0 Å². The van der Waals surface area contributed by atoms with Gasteiger partial charge in [-0.25, -0.2) is 4.39 Å². The molecule has 22 heavy (non-hydrogen) atoms. The first-order chi connectivity index (χ1) is 10.5. The lowest BCUT2D eigenvalue weighted by Crippen LogP contribution is -2.18. The number of nitrogens with zero attached hydrogens (tertiary/aromatic N) is 1. The maximum absolute atomic E-state index is 14.7. The van der Waals surface area contributed by atoms with Gasteiger partial charge in [0.2, 0.25) is 0 Å². The predicted octanol–water partition coefficient (Wildman–Crippen LogP) is 4.47.